The quantitative estimate of drug-likeness (QED) is 0.745. The molecule has 0 saturated heterocycles. The van der Waals surface area contributed by atoms with E-state index in [2.05, 4.69) is 5.32 Å². The molecule has 104 valence electrons. The second kappa shape index (κ2) is 6.19. The fourth-order valence-electron chi connectivity index (χ4n) is 2.08. The molecule has 0 aliphatic rings. The molecule has 1 aromatic carbocycles. The van der Waals surface area contributed by atoms with Gasteiger partial charge in [-0.2, -0.15) is 0 Å². The van der Waals surface area contributed by atoms with Gasteiger partial charge >= 0.3 is 0 Å². The fourth-order valence-corrected chi connectivity index (χ4v) is 2.08. The molecule has 0 amide bonds. The van der Waals surface area contributed by atoms with Crippen LogP contribution in [0.2, 0.25) is 0 Å². The lowest BCUT2D eigenvalue weighted by Gasteiger charge is -2.24. The highest BCUT2D eigenvalue weighted by Crippen LogP contribution is 2.24. The number of benzene rings is 1. The van der Waals surface area contributed by atoms with E-state index in [0.717, 1.165) is 16.7 Å². The van der Waals surface area contributed by atoms with Crippen LogP contribution < -0.4 is 11.1 Å². The molecule has 0 aliphatic carbocycles. The van der Waals surface area contributed by atoms with Gasteiger partial charge in [0, 0.05) is 24.6 Å². The number of hydrogen-bond donors (Lipinski definition) is 3. The van der Waals surface area contributed by atoms with Gasteiger partial charge < -0.3 is 20.6 Å². The van der Waals surface area contributed by atoms with E-state index in [1.165, 1.54) is 0 Å². The Labute approximate surface area is 113 Å². The molecule has 4 N–H and O–H groups in total. The van der Waals surface area contributed by atoms with E-state index >= 15 is 0 Å². The van der Waals surface area contributed by atoms with E-state index in [4.69, 9.17) is 10.2 Å². The molecular weight excluding hydrogens is 240 g/mol. The summed E-state index contributed by atoms with van der Waals surface area (Å²) in [4.78, 5) is 0. The van der Waals surface area contributed by atoms with Gasteiger partial charge in [-0.05, 0) is 25.0 Å². The second-order valence-electron chi connectivity index (χ2n) is 5.09. The van der Waals surface area contributed by atoms with Crippen molar-refractivity contribution in [3.8, 4) is 0 Å². The Morgan fingerprint density at radius 1 is 1.32 bits per heavy atom. The number of hydrogen-bond acceptors (Lipinski definition) is 4. The topological polar surface area (TPSA) is 71.4 Å². The summed E-state index contributed by atoms with van der Waals surface area (Å²) in [6.07, 6.45) is 0. The molecule has 3 unspecified atom stereocenters. The summed E-state index contributed by atoms with van der Waals surface area (Å²) in [7, 11) is 0. The molecule has 2 aromatic rings. The molecule has 4 nitrogen and oxygen atoms in total. The van der Waals surface area contributed by atoms with Gasteiger partial charge in [0.1, 0.15) is 11.3 Å². The van der Waals surface area contributed by atoms with E-state index in [-0.39, 0.29) is 24.6 Å². The average Bonchev–Trinajstić information content (AvgIpc) is 2.87. The van der Waals surface area contributed by atoms with Crippen molar-refractivity contribution < 1.29 is 9.52 Å². The van der Waals surface area contributed by atoms with Gasteiger partial charge in [0.15, 0.2) is 0 Å². The van der Waals surface area contributed by atoms with Gasteiger partial charge in [-0.1, -0.05) is 25.1 Å². The fraction of sp³-hybridized carbons (Fsp3) is 0.467. The number of nitrogens with one attached hydrogen (secondary N) is 1. The Kier molecular flexibility index (Phi) is 4.58. The largest absolute Gasteiger partial charge is 0.459 e. The Balaban J connectivity index is 2.17. The Morgan fingerprint density at radius 2 is 2.05 bits per heavy atom. The van der Waals surface area contributed by atoms with Crippen LogP contribution in [0.3, 0.4) is 0 Å². The van der Waals surface area contributed by atoms with Crippen LogP contribution in [0, 0.1) is 5.92 Å². The van der Waals surface area contributed by atoms with E-state index in [0.29, 0.717) is 6.54 Å². The number of furan rings is 1. The highest BCUT2D eigenvalue weighted by Gasteiger charge is 2.19. The number of fused-ring (bicyclic) bond motifs is 1. The van der Waals surface area contributed by atoms with Crippen LogP contribution in [0.25, 0.3) is 11.0 Å². The number of aliphatic hydroxyl groups is 1. The first-order valence-corrected chi connectivity index (χ1v) is 6.71. The van der Waals surface area contributed by atoms with E-state index in [1.807, 2.05) is 44.2 Å². The monoisotopic (exact) mass is 262 g/mol. The number of aliphatic hydroxyl groups excluding tert-OH is 1. The third-order valence-electron chi connectivity index (χ3n) is 3.63. The summed E-state index contributed by atoms with van der Waals surface area (Å²) in [5.74, 6) is 1.03. The summed E-state index contributed by atoms with van der Waals surface area (Å²) in [6, 6.07) is 10.1. The predicted octanol–water partition coefficient (Wildman–Crippen LogP) is 2.04. The Bertz CT molecular complexity index is 491. The van der Waals surface area contributed by atoms with Gasteiger partial charge in [-0.3, -0.25) is 0 Å². The van der Waals surface area contributed by atoms with Gasteiger partial charge in [0.2, 0.25) is 0 Å². The maximum Gasteiger partial charge on any atom is 0.134 e. The van der Waals surface area contributed by atoms with Crippen molar-refractivity contribution in [1.82, 2.24) is 5.32 Å². The van der Waals surface area contributed by atoms with Crippen molar-refractivity contribution in [2.75, 3.05) is 13.2 Å². The maximum absolute atomic E-state index is 9.18. The molecule has 0 bridgehead atoms. The average molecular weight is 262 g/mol. The minimum atomic E-state index is -0.0311. The number of nitrogens with two attached hydrogens (primary N) is 1. The molecule has 2 rings (SSSR count). The minimum Gasteiger partial charge on any atom is -0.459 e. The summed E-state index contributed by atoms with van der Waals surface area (Å²) in [5.41, 5.74) is 6.71. The van der Waals surface area contributed by atoms with Crippen molar-refractivity contribution in [3.63, 3.8) is 0 Å². The summed E-state index contributed by atoms with van der Waals surface area (Å²) in [6.45, 7) is 4.67. The van der Waals surface area contributed by atoms with Crippen LogP contribution in [0.5, 0.6) is 0 Å². The van der Waals surface area contributed by atoms with Crippen LogP contribution >= 0.6 is 0 Å². The van der Waals surface area contributed by atoms with E-state index in [9.17, 15) is 5.11 Å². The van der Waals surface area contributed by atoms with Crippen LogP contribution in [-0.2, 0) is 0 Å². The first-order valence-electron chi connectivity index (χ1n) is 6.71. The number of para-hydroxylation sites is 1. The van der Waals surface area contributed by atoms with Crippen LogP contribution in [0.1, 0.15) is 25.6 Å². The predicted molar refractivity (Wildman–Crippen MR) is 76.9 cm³/mol. The van der Waals surface area contributed by atoms with E-state index < -0.39 is 0 Å². The molecule has 19 heavy (non-hydrogen) atoms. The lowest BCUT2D eigenvalue weighted by Crippen LogP contribution is -2.39. The van der Waals surface area contributed by atoms with Crippen molar-refractivity contribution in [2.45, 2.75) is 25.9 Å². The molecule has 3 atom stereocenters. The van der Waals surface area contributed by atoms with Crippen molar-refractivity contribution in [2.24, 2.45) is 11.7 Å². The highest BCUT2D eigenvalue weighted by molar-refractivity contribution is 5.77. The SMILES string of the molecule is CC(CO)C(C)NC(CN)c1cc2ccccc2o1. The molecular formula is C15H22N2O2. The normalized spacial score (nSPS) is 16.4. The minimum absolute atomic E-state index is 0.0311. The third-order valence-corrected chi connectivity index (χ3v) is 3.63. The summed E-state index contributed by atoms with van der Waals surface area (Å²) >= 11 is 0. The molecule has 0 fully saturated rings. The van der Waals surface area contributed by atoms with Crippen LogP contribution in [0.4, 0.5) is 0 Å². The van der Waals surface area contributed by atoms with Gasteiger partial charge in [0.05, 0.1) is 6.04 Å². The zero-order valence-electron chi connectivity index (χ0n) is 11.5. The first kappa shape index (κ1) is 14.1. The number of rotatable bonds is 6. The highest BCUT2D eigenvalue weighted by atomic mass is 16.3. The van der Waals surface area contributed by atoms with Crippen LogP contribution in [0.15, 0.2) is 34.7 Å². The van der Waals surface area contributed by atoms with Crippen molar-refractivity contribution in [3.05, 3.63) is 36.1 Å². The smallest absolute Gasteiger partial charge is 0.134 e. The molecule has 4 heteroatoms. The van der Waals surface area contributed by atoms with E-state index in [1.54, 1.807) is 0 Å². The Hall–Kier alpha value is -1.36. The molecule has 1 aromatic heterocycles. The Morgan fingerprint density at radius 3 is 2.68 bits per heavy atom. The zero-order chi connectivity index (χ0) is 13.8. The standard InChI is InChI=1S/C15H22N2O2/c1-10(9-18)11(2)17-13(8-16)15-7-12-5-3-4-6-14(12)19-15/h3-7,10-11,13,17-18H,8-9,16H2,1-2H3. The lowest BCUT2D eigenvalue weighted by atomic mass is 10.0. The van der Waals surface area contributed by atoms with Gasteiger partial charge in [0.25, 0.3) is 0 Å². The molecule has 0 aliphatic heterocycles. The van der Waals surface area contributed by atoms with Crippen LogP contribution in [-0.4, -0.2) is 24.3 Å². The lowest BCUT2D eigenvalue weighted by molar-refractivity contribution is 0.198. The maximum atomic E-state index is 9.18. The van der Waals surface area contributed by atoms with Gasteiger partial charge in [-0.15, -0.1) is 0 Å². The van der Waals surface area contributed by atoms with Gasteiger partial charge in [-0.25, -0.2) is 0 Å². The molecule has 0 spiro atoms. The molecule has 0 radical (unpaired) electrons. The van der Waals surface area contributed by atoms with Crippen molar-refractivity contribution >= 4 is 11.0 Å². The summed E-state index contributed by atoms with van der Waals surface area (Å²) in [5, 5.41) is 13.7. The second-order valence-corrected chi connectivity index (χ2v) is 5.09. The summed E-state index contributed by atoms with van der Waals surface area (Å²) < 4.78 is 5.83. The first-order chi connectivity index (χ1) is 9.15. The zero-order valence-corrected chi connectivity index (χ0v) is 11.5. The van der Waals surface area contributed by atoms with Crippen molar-refractivity contribution in [1.29, 1.82) is 0 Å². The third kappa shape index (κ3) is 3.15. The molecule has 1 heterocycles. The molecule has 0 saturated carbocycles.